The maximum atomic E-state index is 15.0. The van der Waals surface area contributed by atoms with E-state index in [0.717, 1.165) is 45.1 Å². The summed E-state index contributed by atoms with van der Waals surface area (Å²) in [5, 5.41) is 11.0. The number of fused-ring (bicyclic) bond motifs is 4. The van der Waals surface area contributed by atoms with Crippen molar-refractivity contribution in [1.29, 1.82) is 0 Å². The minimum absolute atomic E-state index is 0.0409. The highest BCUT2D eigenvalue weighted by molar-refractivity contribution is 5.93. The Balaban J connectivity index is 1.10. The minimum atomic E-state index is -1.29. The molecule has 7 rings (SSSR count). The van der Waals surface area contributed by atoms with Crippen LogP contribution in [0.1, 0.15) is 107 Å². The highest BCUT2D eigenvalue weighted by atomic mass is 16.7. The Morgan fingerprint density at radius 1 is 1.06 bits per heavy atom. The van der Waals surface area contributed by atoms with Crippen LogP contribution in [-0.4, -0.2) is 109 Å². The van der Waals surface area contributed by atoms with E-state index in [0.29, 0.717) is 38.0 Å². The molecule has 5 aliphatic carbocycles. The molecule has 7 aliphatic rings. The quantitative estimate of drug-likeness (QED) is 0.373. The zero-order valence-corrected chi connectivity index (χ0v) is 32.4. The molecule has 0 radical (unpaired) electrons. The number of hydrogen-bond acceptors (Lipinski definition) is 9. The van der Waals surface area contributed by atoms with Gasteiger partial charge < -0.3 is 29.0 Å². The summed E-state index contributed by atoms with van der Waals surface area (Å²) in [7, 11) is 3.59. The van der Waals surface area contributed by atoms with Gasteiger partial charge in [-0.15, -0.1) is 0 Å². The molecule has 0 aromatic rings. The molecule has 50 heavy (non-hydrogen) atoms. The number of morpholine rings is 1. The van der Waals surface area contributed by atoms with Crippen molar-refractivity contribution in [2.75, 3.05) is 40.3 Å². The zero-order chi connectivity index (χ0) is 36.4. The monoisotopic (exact) mass is 700 g/mol. The largest absolute Gasteiger partial charge is 0.457 e. The fraction of sp³-hybridized carbons (Fsp3) is 0.925. The van der Waals surface area contributed by atoms with Crippen LogP contribution in [0.25, 0.3) is 0 Å². The van der Waals surface area contributed by atoms with Gasteiger partial charge in [0.1, 0.15) is 6.10 Å². The van der Waals surface area contributed by atoms with Crippen LogP contribution in [0.2, 0.25) is 0 Å². The van der Waals surface area contributed by atoms with Gasteiger partial charge in [0, 0.05) is 38.9 Å². The van der Waals surface area contributed by atoms with Gasteiger partial charge in [0.25, 0.3) is 0 Å². The molecule has 1 N–H and O–H groups in total. The van der Waals surface area contributed by atoms with E-state index >= 15 is 4.79 Å². The van der Waals surface area contributed by atoms with Gasteiger partial charge in [-0.25, -0.2) is 0 Å². The van der Waals surface area contributed by atoms with Gasteiger partial charge in [-0.05, 0) is 105 Å². The molecule has 2 aliphatic heterocycles. The maximum absolute atomic E-state index is 15.0. The second-order valence-electron chi connectivity index (χ2n) is 19.5. The van der Waals surface area contributed by atoms with E-state index in [1.165, 1.54) is 13.3 Å². The number of rotatable bonds is 7. The Hall–Kier alpha value is -1.59. The van der Waals surface area contributed by atoms with Crippen molar-refractivity contribution in [3.8, 4) is 0 Å². The molecule has 13 atom stereocenters. The Morgan fingerprint density at radius 3 is 2.40 bits per heavy atom. The van der Waals surface area contributed by atoms with E-state index < -0.39 is 35.3 Å². The lowest BCUT2D eigenvalue weighted by molar-refractivity contribution is -0.247. The molecule has 10 heteroatoms. The third kappa shape index (κ3) is 5.14. The number of esters is 1. The van der Waals surface area contributed by atoms with E-state index in [1.54, 1.807) is 32.8 Å². The van der Waals surface area contributed by atoms with Crippen LogP contribution >= 0.6 is 0 Å². The Morgan fingerprint density at radius 2 is 1.74 bits per heavy atom. The topological polar surface area (TPSA) is 115 Å². The maximum Gasteiger partial charge on any atom is 0.303 e. The summed E-state index contributed by atoms with van der Waals surface area (Å²) >= 11 is 0. The van der Waals surface area contributed by atoms with Crippen LogP contribution in [-0.2, 0) is 33.3 Å². The fourth-order valence-electron chi connectivity index (χ4n) is 13.7. The molecule has 2 heterocycles. The second kappa shape index (κ2) is 12.0. The summed E-state index contributed by atoms with van der Waals surface area (Å²) in [5.41, 5.74) is -1.62. The second-order valence-corrected chi connectivity index (χ2v) is 19.5. The van der Waals surface area contributed by atoms with Crippen molar-refractivity contribution in [3.63, 3.8) is 0 Å². The van der Waals surface area contributed by atoms with Gasteiger partial charge in [-0.3, -0.25) is 19.3 Å². The van der Waals surface area contributed by atoms with Crippen LogP contribution < -0.4 is 0 Å². The van der Waals surface area contributed by atoms with Crippen LogP contribution in [0, 0.1) is 50.7 Å². The number of ketones is 1. The predicted molar refractivity (Wildman–Crippen MR) is 187 cm³/mol. The molecule has 2 spiro atoms. The average molecular weight is 701 g/mol. The standard InChI is InChI=1S/C40H64N2O8/c1-23-19-25(34(36(5,6)46)48-24(2)43)49-32-31(23)37(7)15-16-40-22-39(40)14-13-28(50-30-21-42(17-18-47-30)20-29(44)41(9)10)35(3,4)26(39)11-12-27(40)38(37,8)33(32)45/h23,25-28,30-32,34,46H,11-22H2,1-10H3/t23-,25-,26+,27+,28+,30+,31+,32+,34+,37-,38-,39-,40+/m1/s1. The number of amides is 1. The summed E-state index contributed by atoms with van der Waals surface area (Å²) in [4.78, 5) is 43.3. The number of nitrogens with zero attached hydrogens (tertiary/aromatic N) is 2. The SMILES string of the molecule is CC(=O)O[C@@H]([C@H]1C[C@@H](C)[C@H]2[C@H](O1)C(=O)[C@@]1(C)[C@@H]3CC[C@H]4C(C)(C)[C@@H](O[C@H]5CN(CC(=O)N(C)C)CCO5)CC[C@@]45C[C@@]35CC[C@]21C)C(C)(C)O. The summed E-state index contributed by atoms with van der Waals surface area (Å²) in [6.07, 6.45) is 6.09. The Labute approximate surface area is 299 Å². The molecule has 0 unspecified atom stereocenters. The van der Waals surface area contributed by atoms with E-state index in [9.17, 15) is 14.7 Å². The lowest BCUT2D eigenvalue weighted by Crippen LogP contribution is -2.60. The first kappa shape index (κ1) is 36.8. The van der Waals surface area contributed by atoms with Crippen LogP contribution in [0.5, 0.6) is 0 Å². The first-order valence-electron chi connectivity index (χ1n) is 19.5. The van der Waals surface area contributed by atoms with Gasteiger partial charge in [0.2, 0.25) is 5.91 Å². The van der Waals surface area contributed by atoms with Crippen LogP contribution in [0.15, 0.2) is 0 Å². The van der Waals surface area contributed by atoms with E-state index in [2.05, 4.69) is 39.5 Å². The number of likely N-dealkylation sites (N-methyl/N-ethyl adjacent to an activating group) is 1. The third-order valence-electron chi connectivity index (χ3n) is 16.1. The highest BCUT2D eigenvalue weighted by Gasteiger charge is 2.85. The first-order valence-corrected chi connectivity index (χ1v) is 19.5. The summed E-state index contributed by atoms with van der Waals surface area (Å²) < 4.78 is 25.4. The van der Waals surface area contributed by atoms with E-state index in [4.69, 9.17) is 18.9 Å². The fourth-order valence-corrected chi connectivity index (χ4v) is 13.7. The number of Topliss-reactive ketones (excluding diaryl/α,β-unsaturated/α-hetero) is 1. The smallest absolute Gasteiger partial charge is 0.303 e. The first-order chi connectivity index (χ1) is 23.2. The van der Waals surface area contributed by atoms with Crippen molar-refractivity contribution in [3.05, 3.63) is 0 Å². The number of carbonyl (C=O) groups is 3. The van der Waals surface area contributed by atoms with Crippen LogP contribution in [0.3, 0.4) is 0 Å². The molecule has 1 amide bonds. The molecule has 5 saturated carbocycles. The highest BCUT2D eigenvalue weighted by Crippen LogP contribution is 2.89. The van der Waals surface area contributed by atoms with Crippen molar-refractivity contribution in [1.82, 2.24) is 9.80 Å². The zero-order valence-electron chi connectivity index (χ0n) is 32.4. The molecular formula is C40H64N2O8. The molecule has 0 aromatic carbocycles. The number of aliphatic hydroxyl groups is 1. The summed E-state index contributed by atoms with van der Waals surface area (Å²) in [6, 6.07) is 0. The Bertz CT molecular complexity index is 1390. The minimum Gasteiger partial charge on any atom is -0.457 e. The lowest BCUT2D eigenvalue weighted by Gasteiger charge is -2.62. The number of hydrogen-bond donors (Lipinski definition) is 1. The van der Waals surface area contributed by atoms with Crippen molar-refractivity contribution < 1.29 is 38.4 Å². The average Bonchev–Trinajstić information content (AvgIpc) is 3.65. The van der Waals surface area contributed by atoms with Gasteiger partial charge in [-0.1, -0.05) is 34.6 Å². The van der Waals surface area contributed by atoms with Gasteiger partial charge in [0.05, 0.1) is 37.5 Å². The normalized spacial score (nSPS) is 47.1. The third-order valence-corrected chi connectivity index (χ3v) is 16.1. The summed E-state index contributed by atoms with van der Waals surface area (Å²) in [5.74, 6) is 1.01. The molecule has 0 bridgehead atoms. The summed E-state index contributed by atoms with van der Waals surface area (Å²) in [6.45, 7) is 18.7. The molecule has 10 nitrogen and oxygen atoms in total. The van der Waals surface area contributed by atoms with Gasteiger partial charge in [0.15, 0.2) is 18.2 Å². The molecule has 2 saturated heterocycles. The molecule has 282 valence electrons. The predicted octanol–water partition coefficient (Wildman–Crippen LogP) is 4.84. The molecular weight excluding hydrogens is 636 g/mol. The van der Waals surface area contributed by atoms with Crippen molar-refractivity contribution in [2.24, 2.45) is 50.7 Å². The molecule has 0 aromatic heterocycles. The van der Waals surface area contributed by atoms with Gasteiger partial charge in [-0.2, -0.15) is 0 Å². The molecule has 7 fully saturated rings. The van der Waals surface area contributed by atoms with Crippen molar-refractivity contribution in [2.45, 2.75) is 143 Å². The van der Waals surface area contributed by atoms with Crippen LogP contribution in [0.4, 0.5) is 0 Å². The van der Waals surface area contributed by atoms with Gasteiger partial charge >= 0.3 is 5.97 Å². The van der Waals surface area contributed by atoms with E-state index in [-0.39, 0.29) is 57.6 Å². The number of carbonyl (C=O) groups excluding carboxylic acids is 3. The Kier molecular flexibility index (Phi) is 8.79. The van der Waals surface area contributed by atoms with Crippen molar-refractivity contribution >= 4 is 17.7 Å². The lowest BCUT2D eigenvalue weighted by atomic mass is 9.41. The number of ether oxygens (including phenoxy) is 4. The van der Waals surface area contributed by atoms with E-state index in [1.807, 2.05) is 0 Å².